The van der Waals surface area contributed by atoms with Crippen LogP contribution >= 0.6 is 0 Å². The van der Waals surface area contributed by atoms with E-state index in [4.69, 9.17) is 9.47 Å². The van der Waals surface area contributed by atoms with E-state index in [1.807, 2.05) is 25.1 Å². The van der Waals surface area contributed by atoms with Gasteiger partial charge in [0, 0.05) is 11.5 Å². The molecule has 0 aliphatic heterocycles. The van der Waals surface area contributed by atoms with Crippen LogP contribution in [0, 0.1) is 26.7 Å². The van der Waals surface area contributed by atoms with Gasteiger partial charge in [0.2, 0.25) is 0 Å². The van der Waals surface area contributed by atoms with E-state index in [2.05, 4.69) is 6.58 Å². The van der Waals surface area contributed by atoms with Crippen LogP contribution in [0.25, 0.3) is 0 Å². The van der Waals surface area contributed by atoms with Crippen LogP contribution < -0.4 is 0 Å². The summed E-state index contributed by atoms with van der Waals surface area (Å²) in [7, 11) is 0. The lowest BCUT2D eigenvalue weighted by Crippen LogP contribution is -2.36. The molecule has 2 rings (SSSR count). The third kappa shape index (κ3) is 6.14. The molecule has 0 saturated heterocycles. The van der Waals surface area contributed by atoms with Gasteiger partial charge in [0.15, 0.2) is 0 Å². The monoisotopic (exact) mass is 422 g/mol. The lowest BCUT2D eigenvalue weighted by Gasteiger charge is -2.28. The first-order valence-corrected chi connectivity index (χ1v) is 10.4. The van der Waals surface area contributed by atoms with Crippen molar-refractivity contribution in [2.24, 2.45) is 5.92 Å². The van der Waals surface area contributed by atoms with Gasteiger partial charge in [0.1, 0.15) is 12.2 Å². The average Bonchev–Trinajstić information content (AvgIpc) is 2.71. The smallest absolute Gasteiger partial charge is 0.379 e. The number of carbonyl (C=O) groups is 3. The lowest BCUT2D eigenvalue weighted by molar-refractivity contribution is -0.146. The molecule has 2 aromatic rings. The predicted octanol–water partition coefficient (Wildman–Crippen LogP) is 5.16. The summed E-state index contributed by atoms with van der Waals surface area (Å²) in [6, 6.07) is 12.4. The Morgan fingerprint density at radius 3 is 2.03 bits per heavy atom. The Labute approximate surface area is 184 Å². The van der Waals surface area contributed by atoms with Crippen LogP contribution in [0.1, 0.15) is 57.7 Å². The number of carbonyl (C=O) groups excluding carboxylic acids is 3. The van der Waals surface area contributed by atoms with Gasteiger partial charge in [-0.05, 0) is 64.3 Å². The van der Waals surface area contributed by atoms with Crippen LogP contribution in [0.2, 0.25) is 0 Å². The number of esters is 2. The molecule has 0 aliphatic rings. The molecular formula is C26H30O5. The van der Waals surface area contributed by atoms with Gasteiger partial charge >= 0.3 is 11.9 Å². The highest BCUT2D eigenvalue weighted by Crippen LogP contribution is 2.23. The molecule has 0 aromatic heterocycles. The summed E-state index contributed by atoms with van der Waals surface area (Å²) < 4.78 is 11.1. The van der Waals surface area contributed by atoms with E-state index in [-0.39, 0.29) is 5.92 Å². The van der Waals surface area contributed by atoms with Crippen molar-refractivity contribution < 1.29 is 23.9 Å². The number of rotatable bonds is 9. The fraction of sp³-hybridized carbons (Fsp3) is 0.346. The first-order valence-electron chi connectivity index (χ1n) is 10.4. The molecule has 0 radical (unpaired) electrons. The van der Waals surface area contributed by atoms with E-state index in [1.165, 1.54) is 0 Å². The Hall–Kier alpha value is -3.21. The first-order chi connectivity index (χ1) is 14.6. The summed E-state index contributed by atoms with van der Waals surface area (Å²) in [4.78, 5) is 37.8. The van der Waals surface area contributed by atoms with Crippen LogP contribution in [0.5, 0.6) is 0 Å². The van der Waals surface area contributed by atoms with Crippen LogP contribution in [-0.4, -0.2) is 29.9 Å². The van der Waals surface area contributed by atoms with Crippen molar-refractivity contribution in [2.75, 3.05) is 0 Å². The van der Waals surface area contributed by atoms with E-state index >= 15 is 0 Å². The summed E-state index contributed by atoms with van der Waals surface area (Å²) in [5, 5.41) is 0. The van der Waals surface area contributed by atoms with Gasteiger partial charge in [-0.25, -0.2) is 9.59 Å². The largest absolute Gasteiger partial charge is 0.459 e. The van der Waals surface area contributed by atoms with Gasteiger partial charge in [-0.15, -0.1) is 6.58 Å². The molecule has 0 amide bonds. The van der Waals surface area contributed by atoms with Crippen LogP contribution in [-0.2, 0) is 14.3 Å². The Kier molecular flexibility index (Phi) is 8.31. The van der Waals surface area contributed by atoms with Crippen molar-refractivity contribution in [1.82, 2.24) is 0 Å². The molecule has 3 unspecified atom stereocenters. The number of ketones is 1. The van der Waals surface area contributed by atoms with E-state index in [9.17, 15) is 14.4 Å². The molecule has 0 bridgehead atoms. The highest BCUT2D eigenvalue weighted by Gasteiger charge is 2.31. The van der Waals surface area contributed by atoms with E-state index in [1.54, 1.807) is 58.0 Å². The van der Waals surface area contributed by atoms with Crippen molar-refractivity contribution in [3.8, 4) is 0 Å². The lowest BCUT2D eigenvalue weighted by atomic mass is 9.93. The maximum atomic E-state index is 12.8. The topological polar surface area (TPSA) is 69.7 Å². The zero-order valence-electron chi connectivity index (χ0n) is 18.8. The minimum Gasteiger partial charge on any atom is -0.459 e. The van der Waals surface area contributed by atoms with Crippen LogP contribution in [0.4, 0.5) is 0 Å². The zero-order valence-corrected chi connectivity index (χ0v) is 18.8. The number of hydrogen-bond acceptors (Lipinski definition) is 5. The predicted molar refractivity (Wildman–Crippen MR) is 120 cm³/mol. The molecule has 0 spiro atoms. The fourth-order valence-corrected chi connectivity index (χ4v) is 3.81. The van der Waals surface area contributed by atoms with E-state index < -0.39 is 29.9 Å². The standard InChI is InChI=1S/C26H30O5/c1-7-11-22(19(5)30-25(28)21-12-9-8-10-13-21)20(6)31-26(29)24(27)23-17(3)14-16(2)15-18(23)4/h7-10,12-15,19-20,22H,1,11H2,2-6H3. The third-order valence-corrected chi connectivity index (χ3v) is 5.33. The Balaban J connectivity index is 2.11. The Morgan fingerprint density at radius 2 is 1.48 bits per heavy atom. The van der Waals surface area contributed by atoms with Crippen molar-refractivity contribution in [1.29, 1.82) is 0 Å². The number of allylic oxidation sites excluding steroid dienone is 1. The fourth-order valence-electron chi connectivity index (χ4n) is 3.81. The summed E-state index contributed by atoms with van der Waals surface area (Å²) in [5.74, 6) is -2.39. The van der Waals surface area contributed by atoms with Crippen LogP contribution in [0.3, 0.4) is 0 Å². The molecule has 3 atom stereocenters. The van der Waals surface area contributed by atoms with Crippen molar-refractivity contribution in [3.05, 3.63) is 82.9 Å². The first kappa shape index (κ1) is 24.1. The summed E-state index contributed by atoms with van der Waals surface area (Å²) in [6.45, 7) is 12.7. The van der Waals surface area contributed by atoms with E-state index in [0.29, 0.717) is 17.5 Å². The number of ether oxygens (including phenoxy) is 2. The molecule has 2 aromatic carbocycles. The molecule has 0 aliphatic carbocycles. The minimum absolute atomic E-state index is 0.345. The highest BCUT2D eigenvalue weighted by molar-refractivity contribution is 6.41. The molecular weight excluding hydrogens is 392 g/mol. The highest BCUT2D eigenvalue weighted by atomic mass is 16.6. The Morgan fingerprint density at radius 1 is 0.935 bits per heavy atom. The number of hydrogen-bond donors (Lipinski definition) is 0. The van der Waals surface area contributed by atoms with Crippen LogP contribution in [0.15, 0.2) is 55.1 Å². The SMILES string of the molecule is C=CCC(C(C)OC(=O)C(=O)c1c(C)cc(C)cc1C)C(C)OC(=O)c1ccccc1. The summed E-state index contributed by atoms with van der Waals surface area (Å²) >= 11 is 0. The quantitative estimate of drug-likeness (QED) is 0.241. The maximum absolute atomic E-state index is 12.8. The maximum Gasteiger partial charge on any atom is 0.379 e. The van der Waals surface area contributed by atoms with Gasteiger partial charge in [0.25, 0.3) is 5.78 Å². The normalized spacial score (nSPS) is 13.6. The second-order valence-corrected chi connectivity index (χ2v) is 7.88. The number of benzene rings is 2. The molecule has 31 heavy (non-hydrogen) atoms. The summed E-state index contributed by atoms with van der Waals surface area (Å²) in [5.41, 5.74) is 3.30. The van der Waals surface area contributed by atoms with Gasteiger partial charge in [0.05, 0.1) is 5.56 Å². The zero-order chi connectivity index (χ0) is 23.1. The minimum atomic E-state index is -0.918. The molecule has 0 N–H and O–H groups in total. The number of Topliss-reactive ketones (excluding diaryl/α,β-unsaturated/α-hetero) is 1. The molecule has 0 fully saturated rings. The second kappa shape index (κ2) is 10.7. The van der Waals surface area contributed by atoms with Gasteiger partial charge in [-0.2, -0.15) is 0 Å². The van der Waals surface area contributed by atoms with Gasteiger partial charge < -0.3 is 9.47 Å². The molecule has 0 heterocycles. The van der Waals surface area contributed by atoms with Crippen molar-refractivity contribution >= 4 is 17.7 Å². The van der Waals surface area contributed by atoms with Gasteiger partial charge in [-0.3, -0.25) is 4.79 Å². The number of aryl methyl sites for hydroxylation is 3. The van der Waals surface area contributed by atoms with Crippen molar-refractivity contribution in [3.63, 3.8) is 0 Å². The molecule has 5 nitrogen and oxygen atoms in total. The third-order valence-electron chi connectivity index (χ3n) is 5.33. The van der Waals surface area contributed by atoms with E-state index in [0.717, 1.165) is 16.7 Å². The summed E-state index contributed by atoms with van der Waals surface area (Å²) in [6.07, 6.45) is 0.928. The molecule has 5 heteroatoms. The Bertz CT molecular complexity index is 938. The van der Waals surface area contributed by atoms with Gasteiger partial charge in [-0.1, -0.05) is 42.0 Å². The molecule has 0 saturated carbocycles. The molecule has 164 valence electrons. The second-order valence-electron chi connectivity index (χ2n) is 7.88. The van der Waals surface area contributed by atoms with Crippen molar-refractivity contribution in [2.45, 2.75) is 53.2 Å². The average molecular weight is 423 g/mol.